The molecule has 7 aliphatic rings. The van der Waals surface area contributed by atoms with Crippen molar-refractivity contribution in [2.24, 2.45) is 35.5 Å². The van der Waals surface area contributed by atoms with Crippen LogP contribution in [0.5, 0.6) is 28.7 Å². The standard InChI is InChI=1S/C30H33OS.C29H35OS.C27H31OS.C27H25OS.C25H27OS/c1-2-30(24-18-22-17-23(20-24)21-25(30)19-22)31-26-13-15-29(16-14-26)32(27-9-5-3-6-10-27)28-11-7-4-8-12-28;1-3-29(4-2,24-14-8-5-9-15-24)30-25-20-22-28(23-21-25)31(26-16-10-6-11-17-26)27-18-12-7-13-19-27;2*1-27(2,22-12-6-3-7-13-22)28-23-18-20-26(21-19-23)29(24-14-8-4-9-15-24)25-16-10-5-11-17-25;1-25(19-9-4-10-20-25)26-21-15-17-24(18-16-21)27(22-11-5-2-6-12-22)23-13-7-3-8-14-23/h3-16,22-25H,2,17-21H2,1H3;6-7,10-13,16-24H,3-5,8-9,14-15H2,1-2H3;4-5,8-11,14-22H,3,6-7,12-13H2,1-2H3;3-21H,1-2H3;2-3,5-8,11-18H,4,9-10,19-20H2,1H3/q5*+1. The summed E-state index contributed by atoms with van der Waals surface area (Å²) in [5.74, 6) is 9.73. The molecule has 7 saturated carbocycles. The lowest BCUT2D eigenvalue weighted by atomic mass is 9.49. The first-order valence-electron chi connectivity index (χ1n) is 54.7. The molecule has 0 N–H and O–H groups in total. The topological polar surface area (TPSA) is 46.2 Å². The first-order valence-corrected chi connectivity index (χ1v) is 60.9. The Morgan fingerprint density at radius 2 is 0.466 bits per heavy atom. The molecule has 5 nitrogen and oxygen atoms in total. The number of ether oxygens (including phenoxy) is 5. The average molecular weight is 2050 g/mol. The molecule has 4 bridgehead atoms. The predicted molar refractivity (Wildman–Crippen MR) is 622 cm³/mol. The van der Waals surface area contributed by atoms with Crippen molar-refractivity contribution in [3.63, 3.8) is 0 Å². The van der Waals surface area contributed by atoms with Crippen molar-refractivity contribution in [3.05, 3.63) is 461 Å². The van der Waals surface area contributed by atoms with E-state index in [1.165, 1.54) is 189 Å². The second-order valence-electron chi connectivity index (χ2n) is 42.1. The SMILES string of the molecule is CC(C)(Oc1ccc([S+](c2ccccc2)c2ccccc2)cc1)C1CCCCC1.CC(C)(Oc1ccc([S+](c2ccccc2)c2ccccc2)cc1)c1ccccc1.CC1(Oc2ccc([S+](c3ccccc3)c3ccccc3)cc2)CCCCC1.CCC(CC)(Oc1ccc([S+](c2ccccc2)c2ccccc2)cc1)C1CCCCC1.CCC1(Oc2ccc([S+](c3ccccc3)c3ccccc3)cc2)C2CC3CC(C2)CC1C3. The van der Waals surface area contributed by atoms with Gasteiger partial charge in [-0.3, -0.25) is 0 Å². The smallest absolute Gasteiger partial charge is 0.166 e. The molecule has 16 aromatic carbocycles. The minimum Gasteiger partial charge on any atom is -0.488 e. The van der Waals surface area contributed by atoms with Gasteiger partial charge in [0.15, 0.2) is 73.4 Å². The van der Waals surface area contributed by atoms with Crippen LogP contribution in [0.25, 0.3) is 0 Å². The van der Waals surface area contributed by atoms with Crippen molar-refractivity contribution in [1.29, 1.82) is 0 Å². The van der Waals surface area contributed by atoms with Gasteiger partial charge in [-0.2, -0.15) is 0 Å². The Labute approximate surface area is 900 Å². The van der Waals surface area contributed by atoms with Gasteiger partial charge in [0.2, 0.25) is 0 Å². The van der Waals surface area contributed by atoms with Crippen LogP contribution in [0.15, 0.2) is 528 Å². The lowest BCUT2D eigenvalue weighted by molar-refractivity contribution is -0.157. The predicted octanol–water partition coefficient (Wildman–Crippen LogP) is 37.6. The Bertz CT molecular complexity index is 6350. The van der Waals surface area contributed by atoms with Gasteiger partial charge in [0.25, 0.3) is 0 Å². The highest BCUT2D eigenvalue weighted by atomic mass is 32.2. The first kappa shape index (κ1) is 106. The third-order valence-electron chi connectivity index (χ3n) is 31.4. The van der Waals surface area contributed by atoms with Crippen molar-refractivity contribution >= 4 is 54.5 Å². The Morgan fingerprint density at radius 1 is 0.236 bits per heavy atom. The molecule has 0 atom stereocenters. The van der Waals surface area contributed by atoms with Crippen molar-refractivity contribution in [1.82, 2.24) is 0 Å². The molecule has 0 aromatic heterocycles. The van der Waals surface area contributed by atoms with Gasteiger partial charge in [-0.15, -0.1) is 0 Å². The summed E-state index contributed by atoms with van der Waals surface area (Å²) in [6, 6.07) is 163. The van der Waals surface area contributed by atoms with E-state index in [1.807, 2.05) is 6.07 Å². The summed E-state index contributed by atoms with van der Waals surface area (Å²) in [6.07, 6.45) is 29.9. The normalized spacial score (nSPS) is 18.0. The van der Waals surface area contributed by atoms with Crippen molar-refractivity contribution < 1.29 is 23.7 Å². The maximum Gasteiger partial charge on any atom is 0.166 e. The van der Waals surface area contributed by atoms with Crippen LogP contribution in [-0.4, -0.2) is 22.4 Å². The van der Waals surface area contributed by atoms with E-state index in [9.17, 15) is 0 Å². The van der Waals surface area contributed by atoms with Gasteiger partial charge in [-0.1, -0.05) is 278 Å². The van der Waals surface area contributed by atoms with Crippen LogP contribution in [0.4, 0.5) is 0 Å². The van der Waals surface area contributed by atoms with E-state index >= 15 is 0 Å². The Hall–Kier alpha value is -11.7. The third kappa shape index (κ3) is 27.2. The van der Waals surface area contributed by atoms with Crippen molar-refractivity contribution in [2.45, 2.75) is 305 Å². The summed E-state index contributed by atoms with van der Waals surface area (Å²) in [6.45, 7) is 18.0. The molecule has 0 spiro atoms. The van der Waals surface area contributed by atoms with Crippen LogP contribution in [0, 0.1) is 35.5 Å². The molecule has 0 radical (unpaired) electrons. The molecule has 758 valence electrons. The van der Waals surface area contributed by atoms with E-state index in [0.29, 0.717) is 11.8 Å². The molecule has 16 aromatic rings. The van der Waals surface area contributed by atoms with E-state index < -0.39 is 0 Å². The van der Waals surface area contributed by atoms with E-state index in [1.54, 1.807) is 0 Å². The third-order valence-corrected chi connectivity index (χ3v) is 42.6. The van der Waals surface area contributed by atoms with Crippen molar-refractivity contribution in [3.8, 4) is 28.7 Å². The highest BCUT2D eigenvalue weighted by Crippen LogP contribution is 2.61. The van der Waals surface area contributed by atoms with Crippen LogP contribution in [0.3, 0.4) is 0 Å². The maximum atomic E-state index is 6.98. The Morgan fingerprint density at radius 3 is 0.736 bits per heavy atom. The van der Waals surface area contributed by atoms with Gasteiger partial charge in [0.05, 0.1) is 54.5 Å². The van der Waals surface area contributed by atoms with Crippen LogP contribution in [0.1, 0.15) is 209 Å². The van der Waals surface area contributed by atoms with Gasteiger partial charge in [0.1, 0.15) is 56.8 Å². The van der Waals surface area contributed by atoms with E-state index in [-0.39, 0.29) is 82.5 Å². The fraction of sp³-hybridized carbons (Fsp3) is 0.304. The molecular weight excluding hydrogens is 1900 g/mol. The molecule has 7 fully saturated rings. The van der Waals surface area contributed by atoms with Gasteiger partial charge in [-0.25, -0.2) is 0 Å². The molecule has 7 aliphatic carbocycles. The van der Waals surface area contributed by atoms with Gasteiger partial charge in [0, 0.05) is 0 Å². The van der Waals surface area contributed by atoms with E-state index in [4.69, 9.17) is 23.7 Å². The number of hydrogen-bond donors (Lipinski definition) is 0. The highest BCUT2D eigenvalue weighted by molar-refractivity contribution is 7.98. The number of benzene rings is 16. The van der Waals surface area contributed by atoms with E-state index in [0.717, 1.165) is 90.1 Å². The molecule has 0 saturated heterocycles. The summed E-state index contributed by atoms with van der Waals surface area (Å²) < 4.78 is 33.0. The Balaban J connectivity index is 0.000000121. The molecule has 23 rings (SSSR count). The minimum absolute atomic E-state index is 0.000311. The zero-order valence-corrected chi connectivity index (χ0v) is 92.2. The van der Waals surface area contributed by atoms with Gasteiger partial charge < -0.3 is 23.7 Å². The minimum atomic E-state index is -0.386. The van der Waals surface area contributed by atoms with Crippen LogP contribution < -0.4 is 23.7 Å². The monoisotopic (exact) mass is 2050 g/mol. The molecule has 10 heteroatoms. The fourth-order valence-electron chi connectivity index (χ4n) is 23.8. The van der Waals surface area contributed by atoms with Crippen LogP contribution >= 0.6 is 0 Å². The summed E-state index contributed by atoms with van der Waals surface area (Å²) in [5, 5.41) is 0. The second-order valence-corrected chi connectivity index (χ2v) is 52.2. The molecule has 0 amide bonds. The molecule has 0 aliphatic heterocycles. The first-order chi connectivity index (χ1) is 72.5. The van der Waals surface area contributed by atoms with Crippen LogP contribution in [0.2, 0.25) is 0 Å². The quantitative estimate of drug-likeness (QED) is 0.0405. The van der Waals surface area contributed by atoms with Gasteiger partial charge >= 0.3 is 0 Å². The molecule has 0 unspecified atom stereocenters. The summed E-state index contributed by atoms with van der Waals surface area (Å²) in [4.78, 5) is 20.0. The number of rotatable bonds is 31. The largest absolute Gasteiger partial charge is 0.488 e. The summed E-state index contributed by atoms with van der Waals surface area (Å²) >= 11 is 0. The zero-order valence-electron chi connectivity index (χ0n) is 88.1. The molecule has 148 heavy (non-hydrogen) atoms. The Kier molecular flexibility index (Phi) is 37.0. The lowest BCUT2D eigenvalue weighted by Crippen LogP contribution is -2.60. The fourth-order valence-corrected chi connectivity index (χ4v) is 34.2. The second kappa shape index (κ2) is 51.7. The summed E-state index contributed by atoms with van der Waals surface area (Å²) in [5.41, 5.74) is 0.710. The zero-order chi connectivity index (χ0) is 102. The lowest BCUT2D eigenvalue weighted by Gasteiger charge is -2.60. The van der Waals surface area contributed by atoms with Crippen molar-refractivity contribution in [2.75, 3.05) is 0 Å². The molecule has 0 heterocycles. The average Bonchev–Trinajstić information content (AvgIpc) is 0.723. The van der Waals surface area contributed by atoms with Crippen LogP contribution in [-0.2, 0) is 60.1 Å². The van der Waals surface area contributed by atoms with Gasteiger partial charge in [-0.05, 0) is 421 Å². The van der Waals surface area contributed by atoms with E-state index in [2.05, 4.69) is 504 Å². The highest BCUT2D eigenvalue weighted by Gasteiger charge is 2.58. The summed E-state index contributed by atoms with van der Waals surface area (Å²) in [7, 11) is -0.549. The molecular formula is C138H151O5S5+5. The number of hydrogen-bond acceptors (Lipinski definition) is 5. The maximum absolute atomic E-state index is 6.98.